The maximum Gasteiger partial charge on any atom is 0.159 e. The van der Waals surface area contributed by atoms with Gasteiger partial charge in [-0.05, 0) is 86.3 Å². The van der Waals surface area contributed by atoms with E-state index in [1.807, 2.05) is 0 Å². The number of amidine groups is 1. The van der Waals surface area contributed by atoms with Crippen LogP contribution in [0.5, 0.6) is 0 Å². The summed E-state index contributed by atoms with van der Waals surface area (Å²) < 4.78 is 9.29. The number of hydrogen-bond acceptors (Lipinski definition) is 4. The van der Waals surface area contributed by atoms with Gasteiger partial charge in [-0.2, -0.15) is 0 Å². The first kappa shape index (κ1) is 32.7. The monoisotopic (exact) mass is 744 g/mol. The summed E-state index contributed by atoms with van der Waals surface area (Å²) in [6.45, 7) is 0. The molecule has 12 rings (SSSR count). The van der Waals surface area contributed by atoms with E-state index < -0.39 is 0 Å². The molecule has 274 valence electrons. The van der Waals surface area contributed by atoms with Crippen LogP contribution >= 0.6 is 0 Å². The van der Waals surface area contributed by atoms with Crippen molar-refractivity contribution in [3.05, 3.63) is 211 Å². The second kappa shape index (κ2) is 13.1. The lowest BCUT2D eigenvalue weighted by atomic mass is 9.99. The summed E-state index contributed by atoms with van der Waals surface area (Å²) in [5, 5.41) is 17.1. The lowest BCUT2D eigenvalue weighted by molar-refractivity contribution is 0.409. The van der Waals surface area contributed by atoms with Gasteiger partial charge < -0.3 is 14.3 Å². The third kappa shape index (κ3) is 5.32. The van der Waals surface area contributed by atoms with Gasteiger partial charge in [-0.15, -0.1) is 0 Å². The van der Waals surface area contributed by atoms with E-state index in [1.54, 1.807) is 0 Å². The van der Waals surface area contributed by atoms with Gasteiger partial charge in [0, 0.05) is 27.1 Å². The molecule has 5 nitrogen and oxygen atoms in total. The van der Waals surface area contributed by atoms with Gasteiger partial charge in [0.25, 0.3) is 0 Å². The number of aliphatic imine (C=N–C) groups is 1. The molecule has 2 N–H and O–H groups in total. The number of benzene rings is 9. The summed E-state index contributed by atoms with van der Waals surface area (Å²) >= 11 is 0. The summed E-state index contributed by atoms with van der Waals surface area (Å²) in [6.07, 6.45) is -0.556. The van der Waals surface area contributed by atoms with Crippen LogP contribution in [0.15, 0.2) is 204 Å². The average molecular weight is 745 g/mol. The summed E-state index contributed by atoms with van der Waals surface area (Å²) in [5.74, 6) is 0.837. The standard InChI is InChI=1S/C53H36N4O/c1-2-13-35(14-3-1)51-54-52(36-25-22-34(23-26-36)40-27-24-33-12-4-5-15-37(33)28-40)56-53(55-51)41-30-45-44-29-38-16-6-7-17-39(38)32-49(44)58-50(45)48(31-41)57-46-20-10-8-18-42(46)43-19-9-11-21-47(43)57/h1-32,51,53,55H,(H,54,56). The highest BCUT2D eigenvalue weighted by Gasteiger charge is 2.28. The first-order valence-electron chi connectivity index (χ1n) is 19.8. The van der Waals surface area contributed by atoms with E-state index in [2.05, 4.69) is 209 Å². The van der Waals surface area contributed by atoms with Crippen LogP contribution in [0, 0.1) is 0 Å². The van der Waals surface area contributed by atoms with Crippen LogP contribution in [-0.4, -0.2) is 10.4 Å². The molecule has 0 bridgehead atoms. The third-order valence-corrected chi connectivity index (χ3v) is 11.8. The summed E-state index contributed by atoms with van der Waals surface area (Å²) in [7, 11) is 0. The lowest BCUT2D eigenvalue weighted by Gasteiger charge is -2.32. The summed E-state index contributed by atoms with van der Waals surface area (Å²) in [6, 6.07) is 69.3. The van der Waals surface area contributed by atoms with E-state index >= 15 is 0 Å². The molecule has 0 saturated heterocycles. The molecular formula is C53H36N4O. The number of fused-ring (bicyclic) bond motifs is 8. The molecule has 9 aromatic carbocycles. The van der Waals surface area contributed by atoms with E-state index in [1.165, 1.54) is 38.1 Å². The molecule has 1 aliphatic heterocycles. The minimum Gasteiger partial charge on any atom is -0.454 e. The largest absolute Gasteiger partial charge is 0.454 e. The van der Waals surface area contributed by atoms with E-state index in [9.17, 15) is 0 Å². The number of para-hydroxylation sites is 2. The number of nitrogens with zero attached hydrogens (tertiary/aromatic N) is 2. The van der Waals surface area contributed by atoms with Crippen molar-refractivity contribution >= 4 is 71.1 Å². The Hall–Kier alpha value is -7.47. The molecule has 2 unspecified atom stereocenters. The Morgan fingerprint density at radius 2 is 1.05 bits per heavy atom. The minimum atomic E-state index is -0.278. The fourth-order valence-corrected chi connectivity index (χ4v) is 8.95. The van der Waals surface area contributed by atoms with Crippen molar-refractivity contribution in [1.29, 1.82) is 0 Å². The Kier molecular flexibility index (Phi) is 7.37. The van der Waals surface area contributed by atoms with Crippen LogP contribution in [0.4, 0.5) is 0 Å². The van der Waals surface area contributed by atoms with E-state index in [0.29, 0.717) is 0 Å². The number of hydrogen-bond donors (Lipinski definition) is 2. The van der Waals surface area contributed by atoms with Crippen molar-refractivity contribution in [2.75, 3.05) is 0 Å². The van der Waals surface area contributed by atoms with Crippen LogP contribution in [0.1, 0.15) is 29.0 Å². The smallest absolute Gasteiger partial charge is 0.159 e. The first-order valence-corrected chi connectivity index (χ1v) is 19.8. The van der Waals surface area contributed by atoms with Gasteiger partial charge in [0.2, 0.25) is 0 Å². The molecule has 0 fully saturated rings. The molecule has 1 aliphatic rings. The Labute approximate surface area is 334 Å². The molecule has 58 heavy (non-hydrogen) atoms. The highest BCUT2D eigenvalue weighted by molar-refractivity contribution is 6.15. The van der Waals surface area contributed by atoms with Crippen molar-refractivity contribution in [3.8, 4) is 16.8 Å². The average Bonchev–Trinajstić information content (AvgIpc) is 3.83. The zero-order chi connectivity index (χ0) is 38.2. The molecule has 11 aromatic rings. The van der Waals surface area contributed by atoms with Crippen molar-refractivity contribution in [2.45, 2.75) is 12.3 Å². The van der Waals surface area contributed by atoms with Gasteiger partial charge in [-0.25, -0.2) is 4.99 Å². The molecule has 0 amide bonds. The van der Waals surface area contributed by atoms with Crippen LogP contribution in [0.25, 0.3) is 82.1 Å². The predicted molar refractivity (Wildman–Crippen MR) is 240 cm³/mol. The molecule has 0 saturated carbocycles. The van der Waals surface area contributed by atoms with E-state index in [0.717, 1.165) is 66.6 Å². The summed E-state index contributed by atoms with van der Waals surface area (Å²) in [5.41, 5.74) is 10.6. The Bertz CT molecular complexity index is 3360. The molecule has 0 aliphatic carbocycles. The zero-order valence-corrected chi connectivity index (χ0v) is 31.4. The van der Waals surface area contributed by atoms with Crippen LogP contribution in [-0.2, 0) is 0 Å². The van der Waals surface area contributed by atoms with Gasteiger partial charge in [0.15, 0.2) is 5.58 Å². The van der Waals surface area contributed by atoms with Gasteiger partial charge in [0.1, 0.15) is 23.8 Å². The maximum absolute atomic E-state index is 6.92. The number of nitrogens with one attached hydrogen (secondary N) is 2. The highest BCUT2D eigenvalue weighted by atomic mass is 16.3. The molecule has 0 radical (unpaired) electrons. The van der Waals surface area contributed by atoms with Crippen LogP contribution < -0.4 is 10.6 Å². The zero-order valence-electron chi connectivity index (χ0n) is 31.4. The first-order chi connectivity index (χ1) is 28.7. The van der Waals surface area contributed by atoms with E-state index in [4.69, 9.17) is 9.41 Å². The topological polar surface area (TPSA) is 54.5 Å². The molecule has 0 spiro atoms. The fraction of sp³-hybridized carbons (Fsp3) is 0.0377. The quantitative estimate of drug-likeness (QED) is 0.184. The minimum absolute atomic E-state index is 0.278. The Morgan fingerprint density at radius 3 is 1.79 bits per heavy atom. The van der Waals surface area contributed by atoms with E-state index in [-0.39, 0.29) is 12.3 Å². The molecular weight excluding hydrogens is 709 g/mol. The van der Waals surface area contributed by atoms with Crippen LogP contribution in [0.2, 0.25) is 0 Å². The number of rotatable bonds is 5. The maximum atomic E-state index is 6.92. The lowest BCUT2D eigenvalue weighted by Crippen LogP contribution is -2.45. The molecule has 2 aromatic heterocycles. The van der Waals surface area contributed by atoms with Crippen molar-refractivity contribution in [2.24, 2.45) is 4.99 Å². The normalized spacial score (nSPS) is 15.8. The fourth-order valence-electron chi connectivity index (χ4n) is 8.95. The Morgan fingerprint density at radius 1 is 0.448 bits per heavy atom. The van der Waals surface area contributed by atoms with Gasteiger partial charge in [-0.1, -0.05) is 152 Å². The van der Waals surface area contributed by atoms with Gasteiger partial charge in [0.05, 0.1) is 16.7 Å². The van der Waals surface area contributed by atoms with Crippen molar-refractivity contribution in [3.63, 3.8) is 0 Å². The number of furan rings is 1. The van der Waals surface area contributed by atoms with Crippen molar-refractivity contribution < 1.29 is 4.42 Å². The predicted octanol–water partition coefficient (Wildman–Crippen LogP) is 13.0. The number of aromatic nitrogens is 1. The summed E-state index contributed by atoms with van der Waals surface area (Å²) in [4.78, 5) is 5.30. The van der Waals surface area contributed by atoms with Gasteiger partial charge >= 0.3 is 0 Å². The Balaban J connectivity index is 1.04. The van der Waals surface area contributed by atoms with Gasteiger partial charge in [-0.3, -0.25) is 5.32 Å². The highest BCUT2D eigenvalue weighted by Crippen LogP contribution is 2.41. The second-order valence-corrected chi connectivity index (χ2v) is 15.3. The molecule has 3 heterocycles. The second-order valence-electron chi connectivity index (χ2n) is 15.3. The molecule has 5 heteroatoms. The SMILES string of the molecule is c1ccc(C2N=C(c3ccc(-c4ccc5ccccc5c4)cc3)NC(c3cc(-n4c5ccccc5c5ccccc54)c4oc5cc6ccccc6cc5c4c3)N2)cc1. The van der Waals surface area contributed by atoms with Crippen molar-refractivity contribution in [1.82, 2.24) is 15.2 Å². The van der Waals surface area contributed by atoms with Crippen LogP contribution in [0.3, 0.4) is 0 Å². The molecule has 2 atom stereocenters. The third-order valence-electron chi connectivity index (χ3n) is 11.8.